The van der Waals surface area contributed by atoms with Crippen LogP contribution in [0.4, 0.5) is 10.5 Å². The van der Waals surface area contributed by atoms with Crippen molar-refractivity contribution in [3.05, 3.63) is 69.8 Å². The fraction of sp³-hybridized carbons (Fsp3) is 0.158. The zero-order valence-corrected chi connectivity index (χ0v) is 16.3. The topological polar surface area (TPSA) is 64.4 Å². The molecule has 2 aromatic carbocycles. The van der Waals surface area contributed by atoms with Crippen molar-refractivity contribution in [1.29, 1.82) is 0 Å². The molecule has 0 radical (unpaired) electrons. The van der Waals surface area contributed by atoms with Gasteiger partial charge >= 0.3 is 6.09 Å². The van der Waals surface area contributed by atoms with Gasteiger partial charge in [0, 0.05) is 21.5 Å². The van der Waals surface area contributed by atoms with Crippen molar-refractivity contribution in [3.8, 4) is 11.3 Å². The van der Waals surface area contributed by atoms with Gasteiger partial charge in [-0.25, -0.2) is 4.79 Å². The van der Waals surface area contributed by atoms with E-state index in [2.05, 4.69) is 26.4 Å². The molecule has 3 rings (SSSR count). The molecule has 1 amide bonds. The molecule has 0 bridgehead atoms. The van der Waals surface area contributed by atoms with E-state index in [1.54, 1.807) is 6.92 Å². The molecular formula is C19H16BrClN2O3. The second-order valence-electron chi connectivity index (χ2n) is 5.60. The Morgan fingerprint density at radius 2 is 1.96 bits per heavy atom. The van der Waals surface area contributed by atoms with E-state index < -0.39 is 6.09 Å². The summed E-state index contributed by atoms with van der Waals surface area (Å²) in [5.74, 6) is 0.906. The molecule has 134 valence electrons. The number of alkyl halides is 1. The Hall–Kier alpha value is -2.31. The SMILES string of the molecule is Cc1noc(-c2ccc(CCl)cc2)c1NC(=O)OCc1ccccc1Br. The second-order valence-corrected chi connectivity index (χ2v) is 6.72. The van der Waals surface area contributed by atoms with E-state index in [4.69, 9.17) is 20.9 Å². The van der Waals surface area contributed by atoms with Crippen molar-refractivity contribution in [2.45, 2.75) is 19.4 Å². The van der Waals surface area contributed by atoms with Crippen LogP contribution in [0.25, 0.3) is 11.3 Å². The molecule has 0 unspecified atom stereocenters. The summed E-state index contributed by atoms with van der Waals surface area (Å²) in [4.78, 5) is 12.2. The van der Waals surface area contributed by atoms with Crippen LogP contribution in [-0.2, 0) is 17.2 Å². The first kappa shape index (κ1) is 18.5. The van der Waals surface area contributed by atoms with E-state index >= 15 is 0 Å². The van der Waals surface area contributed by atoms with Crippen LogP contribution in [-0.4, -0.2) is 11.2 Å². The number of carbonyl (C=O) groups excluding carboxylic acids is 1. The summed E-state index contributed by atoms with van der Waals surface area (Å²) < 4.78 is 11.6. The van der Waals surface area contributed by atoms with Crippen LogP contribution in [0.15, 0.2) is 57.5 Å². The van der Waals surface area contributed by atoms with Crippen LogP contribution in [0.1, 0.15) is 16.8 Å². The molecule has 0 aliphatic rings. The van der Waals surface area contributed by atoms with Crippen LogP contribution < -0.4 is 5.32 Å². The summed E-state index contributed by atoms with van der Waals surface area (Å²) in [7, 11) is 0. The van der Waals surface area contributed by atoms with Crippen LogP contribution in [0.3, 0.4) is 0 Å². The Labute approximate surface area is 164 Å². The first-order valence-corrected chi connectivity index (χ1v) is 9.20. The average molecular weight is 436 g/mol. The number of carbonyl (C=O) groups is 1. The molecule has 0 saturated heterocycles. The number of aromatic nitrogens is 1. The third kappa shape index (κ3) is 4.26. The predicted octanol–water partition coefficient (Wildman–Crippen LogP) is 5.90. The minimum atomic E-state index is -0.578. The average Bonchev–Trinajstić information content (AvgIpc) is 3.01. The van der Waals surface area contributed by atoms with Gasteiger partial charge in [-0.2, -0.15) is 0 Å². The highest BCUT2D eigenvalue weighted by atomic mass is 79.9. The second kappa shape index (κ2) is 8.38. The first-order chi connectivity index (χ1) is 12.6. The monoisotopic (exact) mass is 434 g/mol. The van der Waals surface area contributed by atoms with Crippen molar-refractivity contribution in [3.63, 3.8) is 0 Å². The number of nitrogens with zero attached hydrogens (tertiary/aromatic N) is 1. The van der Waals surface area contributed by atoms with Gasteiger partial charge in [0.05, 0.1) is 0 Å². The largest absolute Gasteiger partial charge is 0.444 e. The highest BCUT2D eigenvalue weighted by Gasteiger charge is 2.18. The molecule has 0 aliphatic carbocycles. The summed E-state index contributed by atoms with van der Waals surface area (Å²) in [6.45, 7) is 1.90. The van der Waals surface area contributed by atoms with E-state index in [9.17, 15) is 4.79 Å². The molecule has 3 aromatic rings. The maximum atomic E-state index is 12.2. The molecule has 0 aliphatic heterocycles. The van der Waals surface area contributed by atoms with Crippen LogP contribution in [0.5, 0.6) is 0 Å². The fourth-order valence-electron chi connectivity index (χ4n) is 2.36. The molecular weight excluding hydrogens is 420 g/mol. The lowest BCUT2D eigenvalue weighted by Gasteiger charge is -2.08. The first-order valence-electron chi connectivity index (χ1n) is 7.87. The number of aryl methyl sites for hydroxylation is 1. The molecule has 7 heteroatoms. The Balaban J connectivity index is 1.72. The summed E-state index contributed by atoms with van der Waals surface area (Å²) in [6.07, 6.45) is -0.578. The molecule has 5 nitrogen and oxygen atoms in total. The molecule has 1 heterocycles. The van der Waals surface area contributed by atoms with Gasteiger partial charge in [-0.15, -0.1) is 11.6 Å². The van der Waals surface area contributed by atoms with E-state index in [0.29, 0.717) is 23.0 Å². The van der Waals surface area contributed by atoms with Crippen LogP contribution in [0, 0.1) is 6.92 Å². The fourth-order valence-corrected chi connectivity index (χ4v) is 2.93. The summed E-state index contributed by atoms with van der Waals surface area (Å²) >= 11 is 9.24. The van der Waals surface area contributed by atoms with Gasteiger partial charge < -0.3 is 9.26 Å². The number of nitrogens with one attached hydrogen (secondary N) is 1. The quantitative estimate of drug-likeness (QED) is 0.507. The molecule has 0 saturated carbocycles. The molecule has 26 heavy (non-hydrogen) atoms. The maximum Gasteiger partial charge on any atom is 0.412 e. The van der Waals surface area contributed by atoms with Gasteiger partial charge in [0.2, 0.25) is 0 Å². The number of ether oxygens (including phenoxy) is 1. The highest BCUT2D eigenvalue weighted by molar-refractivity contribution is 9.10. The van der Waals surface area contributed by atoms with Gasteiger partial charge in [0.25, 0.3) is 0 Å². The normalized spacial score (nSPS) is 10.6. The van der Waals surface area contributed by atoms with Crippen LogP contribution in [0.2, 0.25) is 0 Å². The molecule has 1 aromatic heterocycles. The zero-order chi connectivity index (χ0) is 18.5. The van der Waals surface area contributed by atoms with Gasteiger partial charge in [0.15, 0.2) is 5.76 Å². The summed E-state index contributed by atoms with van der Waals surface area (Å²) in [5.41, 5.74) is 3.72. The van der Waals surface area contributed by atoms with E-state index in [1.165, 1.54) is 0 Å². The third-order valence-electron chi connectivity index (χ3n) is 3.78. The summed E-state index contributed by atoms with van der Waals surface area (Å²) in [6, 6.07) is 15.1. The summed E-state index contributed by atoms with van der Waals surface area (Å²) in [5, 5.41) is 6.66. The minimum Gasteiger partial charge on any atom is -0.444 e. The maximum absolute atomic E-state index is 12.2. The lowest BCUT2D eigenvalue weighted by atomic mass is 10.1. The number of hydrogen-bond donors (Lipinski definition) is 1. The Morgan fingerprint density at radius 1 is 1.23 bits per heavy atom. The lowest BCUT2D eigenvalue weighted by molar-refractivity contribution is 0.155. The number of halogens is 2. The molecule has 1 N–H and O–H groups in total. The van der Waals surface area contributed by atoms with Gasteiger partial charge in [-0.3, -0.25) is 5.32 Å². The van der Waals surface area contributed by atoms with E-state index in [0.717, 1.165) is 21.2 Å². The Morgan fingerprint density at radius 3 is 2.65 bits per heavy atom. The van der Waals surface area contributed by atoms with Crippen molar-refractivity contribution < 1.29 is 14.1 Å². The van der Waals surface area contributed by atoms with Crippen molar-refractivity contribution >= 4 is 39.3 Å². The molecule has 0 fully saturated rings. The van der Waals surface area contributed by atoms with Crippen molar-refractivity contribution in [2.24, 2.45) is 0 Å². The molecule has 0 spiro atoms. The highest BCUT2D eigenvalue weighted by Crippen LogP contribution is 2.31. The number of hydrogen-bond acceptors (Lipinski definition) is 4. The lowest BCUT2D eigenvalue weighted by Crippen LogP contribution is -2.14. The predicted molar refractivity (Wildman–Crippen MR) is 104 cm³/mol. The van der Waals surface area contributed by atoms with Crippen molar-refractivity contribution in [2.75, 3.05) is 5.32 Å². The Bertz CT molecular complexity index is 909. The van der Waals surface area contributed by atoms with Crippen molar-refractivity contribution in [1.82, 2.24) is 5.16 Å². The number of benzene rings is 2. The van der Waals surface area contributed by atoms with Gasteiger partial charge in [-0.05, 0) is 18.6 Å². The zero-order valence-electron chi connectivity index (χ0n) is 14.0. The third-order valence-corrected chi connectivity index (χ3v) is 4.86. The standard InChI is InChI=1S/C19H16BrClN2O3/c1-12-17(18(26-23-12)14-8-6-13(10-21)7-9-14)22-19(24)25-11-15-4-2-3-5-16(15)20/h2-9H,10-11H2,1H3,(H,22,24). The smallest absolute Gasteiger partial charge is 0.412 e. The number of amides is 1. The Kier molecular flexibility index (Phi) is 5.96. The van der Waals surface area contributed by atoms with Gasteiger partial charge in [0.1, 0.15) is 18.0 Å². The van der Waals surface area contributed by atoms with Crippen LogP contribution >= 0.6 is 27.5 Å². The molecule has 0 atom stereocenters. The van der Waals surface area contributed by atoms with E-state index in [1.807, 2.05) is 48.5 Å². The van der Waals surface area contributed by atoms with Gasteiger partial charge in [-0.1, -0.05) is 63.6 Å². The van der Waals surface area contributed by atoms with E-state index in [-0.39, 0.29) is 6.61 Å². The number of anilines is 1. The number of rotatable bonds is 5. The minimum absolute atomic E-state index is 0.150.